The molecule has 0 aliphatic heterocycles. The summed E-state index contributed by atoms with van der Waals surface area (Å²) in [6.07, 6.45) is 2.67. The molecule has 0 saturated carbocycles. The first kappa shape index (κ1) is 11.5. The Balaban J connectivity index is 2.72. The SMILES string of the molecule is CCC(O)COc1cnccc1C(=O)O. The normalized spacial score (nSPS) is 12.1. The lowest BCUT2D eigenvalue weighted by Gasteiger charge is -2.11. The van der Waals surface area contributed by atoms with Crippen LogP contribution in [0.15, 0.2) is 18.5 Å². The topological polar surface area (TPSA) is 79.7 Å². The number of aromatic nitrogens is 1. The molecule has 1 aromatic heterocycles. The molecule has 0 radical (unpaired) electrons. The highest BCUT2D eigenvalue weighted by Crippen LogP contribution is 2.16. The third-order valence-electron chi connectivity index (χ3n) is 1.92. The molecule has 1 aromatic rings. The highest BCUT2D eigenvalue weighted by Gasteiger charge is 2.11. The summed E-state index contributed by atoms with van der Waals surface area (Å²) in [6, 6.07) is 1.36. The van der Waals surface area contributed by atoms with Gasteiger partial charge in [-0.3, -0.25) is 4.98 Å². The van der Waals surface area contributed by atoms with Gasteiger partial charge in [0.25, 0.3) is 0 Å². The van der Waals surface area contributed by atoms with E-state index in [0.29, 0.717) is 6.42 Å². The predicted molar refractivity (Wildman–Crippen MR) is 53.0 cm³/mol. The molecule has 5 nitrogen and oxygen atoms in total. The second kappa shape index (κ2) is 5.31. The van der Waals surface area contributed by atoms with Crippen LogP contribution in [0.1, 0.15) is 23.7 Å². The van der Waals surface area contributed by atoms with E-state index in [4.69, 9.17) is 9.84 Å². The Morgan fingerprint density at radius 2 is 2.40 bits per heavy atom. The van der Waals surface area contributed by atoms with Gasteiger partial charge in [0, 0.05) is 6.20 Å². The molecular weight excluding hydrogens is 198 g/mol. The minimum atomic E-state index is -1.07. The maximum Gasteiger partial charge on any atom is 0.339 e. The van der Waals surface area contributed by atoms with E-state index in [0.717, 1.165) is 0 Å². The van der Waals surface area contributed by atoms with Gasteiger partial charge in [0.1, 0.15) is 12.2 Å². The number of carboxylic acid groups (broad SMARTS) is 1. The van der Waals surface area contributed by atoms with E-state index in [-0.39, 0.29) is 17.9 Å². The fourth-order valence-electron chi connectivity index (χ4n) is 0.975. The van der Waals surface area contributed by atoms with Crippen LogP contribution in [0.25, 0.3) is 0 Å². The van der Waals surface area contributed by atoms with E-state index in [2.05, 4.69) is 4.98 Å². The molecule has 1 heterocycles. The van der Waals surface area contributed by atoms with Gasteiger partial charge in [-0.05, 0) is 12.5 Å². The first-order chi connectivity index (χ1) is 7.15. The number of aromatic carboxylic acids is 1. The maximum atomic E-state index is 10.8. The molecule has 2 N–H and O–H groups in total. The number of nitrogens with zero attached hydrogens (tertiary/aromatic N) is 1. The smallest absolute Gasteiger partial charge is 0.339 e. The highest BCUT2D eigenvalue weighted by atomic mass is 16.5. The fourth-order valence-corrected chi connectivity index (χ4v) is 0.975. The van der Waals surface area contributed by atoms with Crippen LogP contribution in [-0.4, -0.2) is 33.9 Å². The number of ether oxygens (including phenoxy) is 1. The standard InChI is InChI=1S/C10H13NO4/c1-2-7(12)6-15-9-5-11-4-3-8(9)10(13)14/h3-5,7,12H,2,6H2,1H3,(H,13,14). The van der Waals surface area contributed by atoms with Crippen LogP contribution >= 0.6 is 0 Å². The predicted octanol–water partition coefficient (Wildman–Crippen LogP) is 0.929. The Kier molecular flexibility index (Phi) is 4.05. The van der Waals surface area contributed by atoms with Crippen LogP contribution in [0.5, 0.6) is 5.75 Å². The Labute approximate surface area is 87.3 Å². The largest absolute Gasteiger partial charge is 0.488 e. The quantitative estimate of drug-likeness (QED) is 0.757. The summed E-state index contributed by atoms with van der Waals surface area (Å²) in [6.45, 7) is 1.89. The zero-order valence-corrected chi connectivity index (χ0v) is 8.38. The lowest BCUT2D eigenvalue weighted by Crippen LogP contribution is -2.17. The molecule has 1 rings (SSSR count). The van der Waals surface area contributed by atoms with Crippen molar-refractivity contribution in [1.29, 1.82) is 0 Å². The zero-order valence-electron chi connectivity index (χ0n) is 8.38. The van der Waals surface area contributed by atoms with E-state index in [1.807, 2.05) is 6.92 Å². The molecule has 0 spiro atoms. The summed E-state index contributed by atoms with van der Waals surface area (Å²) < 4.78 is 5.16. The van der Waals surface area contributed by atoms with Crippen molar-refractivity contribution in [3.05, 3.63) is 24.0 Å². The lowest BCUT2D eigenvalue weighted by molar-refractivity contribution is 0.0681. The lowest BCUT2D eigenvalue weighted by atomic mass is 10.2. The van der Waals surface area contributed by atoms with Gasteiger partial charge in [0.05, 0.1) is 12.3 Å². The van der Waals surface area contributed by atoms with Crippen molar-refractivity contribution in [3.63, 3.8) is 0 Å². The first-order valence-electron chi connectivity index (χ1n) is 4.63. The molecule has 0 aliphatic carbocycles. The molecule has 0 amide bonds. The monoisotopic (exact) mass is 211 g/mol. The highest BCUT2D eigenvalue weighted by molar-refractivity contribution is 5.90. The maximum absolute atomic E-state index is 10.8. The summed E-state index contributed by atoms with van der Waals surface area (Å²) in [5, 5.41) is 18.1. The molecule has 82 valence electrons. The summed E-state index contributed by atoms with van der Waals surface area (Å²) in [4.78, 5) is 14.5. The third kappa shape index (κ3) is 3.21. The average Bonchev–Trinajstić information content (AvgIpc) is 2.26. The molecule has 0 aromatic carbocycles. The minimum absolute atomic E-state index is 0.0494. The van der Waals surface area contributed by atoms with Gasteiger partial charge in [-0.15, -0.1) is 0 Å². The number of hydrogen-bond donors (Lipinski definition) is 2. The Morgan fingerprint density at radius 1 is 1.67 bits per heavy atom. The van der Waals surface area contributed by atoms with Gasteiger partial charge in [0.15, 0.2) is 5.75 Å². The van der Waals surface area contributed by atoms with E-state index in [1.165, 1.54) is 18.5 Å². The number of carboxylic acids is 1. The van der Waals surface area contributed by atoms with Crippen molar-refractivity contribution in [1.82, 2.24) is 4.98 Å². The van der Waals surface area contributed by atoms with Gasteiger partial charge in [-0.1, -0.05) is 6.92 Å². The van der Waals surface area contributed by atoms with Crippen molar-refractivity contribution >= 4 is 5.97 Å². The van der Waals surface area contributed by atoms with Crippen molar-refractivity contribution in [2.24, 2.45) is 0 Å². The summed E-state index contributed by atoms with van der Waals surface area (Å²) in [5.74, 6) is -0.893. The van der Waals surface area contributed by atoms with Crippen LogP contribution in [0.2, 0.25) is 0 Å². The van der Waals surface area contributed by atoms with Crippen molar-refractivity contribution < 1.29 is 19.7 Å². The Hall–Kier alpha value is -1.62. The van der Waals surface area contributed by atoms with Crippen LogP contribution in [0.4, 0.5) is 0 Å². The molecule has 0 saturated heterocycles. The molecule has 0 bridgehead atoms. The number of aliphatic hydroxyl groups excluding tert-OH is 1. The minimum Gasteiger partial charge on any atom is -0.488 e. The molecule has 0 fully saturated rings. The van der Waals surface area contributed by atoms with E-state index in [9.17, 15) is 9.90 Å². The second-order valence-corrected chi connectivity index (χ2v) is 3.05. The van der Waals surface area contributed by atoms with Crippen LogP contribution in [0, 0.1) is 0 Å². The average molecular weight is 211 g/mol. The molecule has 5 heteroatoms. The molecule has 1 atom stereocenters. The Bertz CT molecular complexity index is 340. The summed E-state index contributed by atoms with van der Waals surface area (Å²) in [7, 11) is 0. The van der Waals surface area contributed by atoms with Gasteiger partial charge in [0.2, 0.25) is 0 Å². The van der Waals surface area contributed by atoms with Gasteiger partial charge >= 0.3 is 5.97 Å². The first-order valence-corrected chi connectivity index (χ1v) is 4.63. The molecular formula is C10H13NO4. The zero-order chi connectivity index (χ0) is 11.3. The number of aliphatic hydroxyl groups is 1. The summed E-state index contributed by atoms with van der Waals surface area (Å²) in [5.41, 5.74) is 0.0494. The van der Waals surface area contributed by atoms with Gasteiger partial charge in [-0.25, -0.2) is 4.79 Å². The number of rotatable bonds is 5. The molecule has 15 heavy (non-hydrogen) atoms. The third-order valence-corrected chi connectivity index (χ3v) is 1.92. The van der Waals surface area contributed by atoms with E-state index in [1.54, 1.807) is 0 Å². The van der Waals surface area contributed by atoms with Crippen molar-refractivity contribution in [3.8, 4) is 5.75 Å². The molecule has 0 aliphatic rings. The number of pyridine rings is 1. The second-order valence-electron chi connectivity index (χ2n) is 3.05. The molecule has 1 unspecified atom stereocenters. The van der Waals surface area contributed by atoms with Crippen LogP contribution in [-0.2, 0) is 0 Å². The van der Waals surface area contributed by atoms with Crippen molar-refractivity contribution in [2.75, 3.05) is 6.61 Å². The number of carbonyl (C=O) groups is 1. The van der Waals surface area contributed by atoms with Gasteiger partial charge < -0.3 is 14.9 Å². The van der Waals surface area contributed by atoms with Crippen LogP contribution < -0.4 is 4.74 Å². The van der Waals surface area contributed by atoms with Gasteiger partial charge in [-0.2, -0.15) is 0 Å². The van der Waals surface area contributed by atoms with Crippen LogP contribution in [0.3, 0.4) is 0 Å². The Morgan fingerprint density at radius 3 is 3.00 bits per heavy atom. The number of hydrogen-bond acceptors (Lipinski definition) is 4. The summed E-state index contributed by atoms with van der Waals surface area (Å²) >= 11 is 0. The van der Waals surface area contributed by atoms with E-state index >= 15 is 0 Å². The van der Waals surface area contributed by atoms with Crippen molar-refractivity contribution in [2.45, 2.75) is 19.4 Å². The fraction of sp³-hybridized carbons (Fsp3) is 0.400. The van der Waals surface area contributed by atoms with E-state index < -0.39 is 12.1 Å².